The van der Waals surface area contributed by atoms with Gasteiger partial charge in [-0.25, -0.2) is 0 Å². The van der Waals surface area contributed by atoms with Crippen molar-refractivity contribution >= 4 is 43.4 Å². The summed E-state index contributed by atoms with van der Waals surface area (Å²) < 4.78 is 2.55. The minimum atomic E-state index is -0.328. The largest absolute Gasteiger partial charge is 0.308 e. The number of hydrogen-bond acceptors (Lipinski definition) is 1. The molecule has 1 aromatic heterocycles. The predicted octanol–water partition coefficient (Wildman–Crippen LogP) is 12.2. The Hall–Kier alpha value is -5.65. The molecule has 10 rings (SSSR count). The highest BCUT2D eigenvalue weighted by molar-refractivity contribution is 6.22. The predicted molar refractivity (Wildman–Crippen MR) is 205 cm³/mol. The van der Waals surface area contributed by atoms with Crippen molar-refractivity contribution in [2.75, 3.05) is 0 Å². The highest BCUT2D eigenvalue weighted by Crippen LogP contribution is 2.57. The van der Waals surface area contributed by atoms with Gasteiger partial charge in [-0.05, 0) is 104 Å². The number of fused-ring (bicyclic) bond motifs is 3. The lowest BCUT2D eigenvalue weighted by Gasteiger charge is -2.42. The summed E-state index contributed by atoms with van der Waals surface area (Å²) in [5.74, 6) is 0. The second-order valence-corrected chi connectivity index (χ2v) is 15.5. The molecule has 0 bridgehead atoms. The van der Waals surface area contributed by atoms with Crippen molar-refractivity contribution < 1.29 is 0 Å². The zero-order chi connectivity index (χ0) is 33.6. The average molecular weight is 629 g/mol. The molecular weight excluding hydrogens is 593 g/mol. The molecule has 0 saturated heterocycles. The van der Waals surface area contributed by atoms with Crippen LogP contribution >= 0.6 is 0 Å². The van der Waals surface area contributed by atoms with E-state index in [4.69, 9.17) is 0 Å². The molecule has 49 heavy (non-hydrogen) atoms. The molecule has 7 aromatic carbocycles. The van der Waals surface area contributed by atoms with Gasteiger partial charge in [-0.15, -0.1) is 0 Å². The number of aromatic nitrogens is 1. The van der Waals surface area contributed by atoms with Gasteiger partial charge >= 0.3 is 0 Å². The maximum Gasteiger partial charge on any atom is 0.0991 e. The van der Waals surface area contributed by atoms with Gasteiger partial charge in [0.25, 0.3) is 0 Å². The summed E-state index contributed by atoms with van der Waals surface area (Å²) in [6, 6.07) is 43.3. The molecule has 0 amide bonds. The van der Waals surface area contributed by atoms with Crippen molar-refractivity contribution in [3.05, 3.63) is 148 Å². The van der Waals surface area contributed by atoms with Crippen LogP contribution in [-0.4, -0.2) is 4.57 Å². The molecule has 0 radical (unpaired) electrons. The monoisotopic (exact) mass is 628 g/mol. The first kappa shape index (κ1) is 28.4. The number of nitrogens with zero attached hydrogens (tertiary/aromatic N) is 2. The van der Waals surface area contributed by atoms with Crippen LogP contribution in [-0.2, 0) is 10.8 Å². The minimum absolute atomic E-state index is 0.238. The molecular formula is C47H36N2. The van der Waals surface area contributed by atoms with E-state index in [2.05, 4.69) is 161 Å². The number of nitriles is 1. The smallest absolute Gasteiger partial charge is 0.0991 e. The normalized spacial score (nSPS) is 15.0. The van der Waals surface area contributed by atoms with Crippen molar-refractivity contribution in [3.63, 3.8) is 0 Å². The molecule has 2 nitrogen and oxygen atoms in total. The van der Waals surface area contributed by atoms with Crippen molar-refractivity contribution in [1.82, 2.24) is 4.57 Å². The van der Waals surface area contributed by atoms with Gasteiger partial charge in [-0.3, -0.25) is 0 Å². The fourth-order valence-corrected chi connectivity index (χ4v) is 9.41. The van der Waals surface area contributed by atoms with Gasteiger partial charge in [0.05, 0.1) is 28.4 Å². The summed E-state index contributed by atoms with van der Waals surface area (Å²) in [5.41, 5.74) is 16.8. The molecule has 0 fully saturated rings. The Morgan fingerprint density at radius 2 is 1.08 bits per heavy atom. The summed E-state index contributed by atoms with van der Waals surface area (Å²) in [4.78, 5) is 0. The molecule has 8 aromatic rings. The van der Waals surface area contributed by atoms with E-state index in [-0.39, 0.29) is 10.8 Å². The lowest BCUT2D eigenvalue weighted by Crippen LogP contribution is -2.33. The Balaban J connectivity index is 1.41. The Labute approximate surface area is 286 Å². The Bertz CT molecular complexity index is 2840. The van der Waals surface area contributed by atoms with Gasteiger partial charge in [0.15, 0.2) is 0 Å². The summed E-state index contributed by atoms with van der Waals surface area (Å²) in [5, 5.41) is 17.7. The van der Waals surface area contributed by atoms with Crippen molar-refractivity contribution in [2.24, 2.45) is 0 Å². The van der Waals surface area contributed by atoms with E-state index < -0.39 is 0 Å². The van der Waals surface area contributed by atoms with Gasteiger partial charge in [0.2, 0.25) is 0 Å². The first-order chi connectivity index (χ1) is 23.6. The van der Waals surface area contributed by atoms with E-state index in [1.807, 2.05) is 0 Å². The standard InChI is InChI=1S/C47H36N2/c1-26-16-18-32-34(19-26)41(29-11-8-7-9-12-29)31-17-15-27(2)20-35(31)42(32)30-23-39-45-40(24-30)47(5,6)38-22-28(25-48)21-36-33-13-10-14-37(46(39,3)4)43(33)49(45)44(36)38/h7-24H,1-6H3. The van der Waals surface area contributed by atoms with E-state index in [1.165, 1.54) is 105 Å². The van der Waals surface area contributed by atoms with Crippen LogP contribution in [0.15, 0.2) is 109 Å². The van der Waals surface area contributed by atoms with Crippen LogP contribution in [0.4, 0.5) is 0 Å². The lowest BCUT2D eigenvalue weighted by atomic mass is 9.67. The second kappa shape index (κ2) is 9.28. The third-order valence-electron chi connectivity index (χ3n) is 11.8. The Morgan fingerprint density at radius 1 is 0.490 bits per heavy atom. The molecule has 2 aliphatic rings. The molecule has 0 saturated carbocycles. The number of rotatable bonds is 2. The van der Waals surface area contributed by atoms with Gasteiger partial charge in [0, 0.05) is 21.6 Å². The van der Waals surface area contributed by atoms with Gasteiger partial charge < -0.3 is 4.57 Å². The van der Waals surface area contributed by atoms with Crippen LogP contribution in [0.2, 0.25) is 0 Å². The van der Waals surface area contributed by atoms with E-state index in [9.17, 15) is 5.26 Å². The molecule has 2 aliphatic heterocycles. The summed E-state index contributed by atoms with van der Waals surface area (Å²) in [6.07, 6.45) is 0. The van der Waals surface area contributed by atoms with E-state index in [0.29, 0.717) is 0 Å². The van der Waals surface area contributed by atoms with Gasteiger partial charge in [-0.1, -0.05) is 124 Å². The third kappa shape index (κ3) is 3.50. The van der Waals surface area contributed by atoms with Crippen molar-refractivity contribution in [2.45, 2.75) is 52.4 Å². The van der Waals surface area contributed by atoms with Gasteiger partial charge in [-0.2, -0.15) is 5.26 Å². The summed E-state index contributed by atoms with van der Waals surface area (Å²) in [6.45, 7) is 13.9. The first-order valence-electron chi connectivity index (χ1n) is 17.3. The SMILES string of the molecule is Cc1ccc2c(-c3cc4c5c(c3)C(C)(C)c3cc(C#N)cc6c7cccc(c7n-5c36)C4(C)C)c3cc(C)ccc3c(-c3ccccc3)c2c1. The maximum atomic E-state index is 10.2. The first-order valence-corrected chi connectivity index (χ1v) is 17.3. The van der Waals surface area contributed by atoms with Crippen LogP contribution in [0.3, 0.4) is 0 Å². The van der Waals surface area contributed by atoms with Crippen LogP contribution in [0.25, 0.3) is 71.3 Å². The minimum Gasteiger partial charge on any atom is -0.308 e. The van der Waals surface area contributed by atoms with Crippen LogP contribution in [0, 0.1) is 25.2 Å². The molecule has 0 spiro atoms. The highest BCUT2D eigenvalue weighted by Gasteiger charge is 2.44. The Kier molecular flexibility index (Phi) is 5.37. The zero-order valence-corrected chi connectivity index (χ0v) is 28.8. The van der Waals surface area contributed by atoms with Crippen LogP contribution in [0.5, 0.6) is 0 Å². The van der Waals surface area contributed by atoms with Crippen LogP contribution in [0.1, 0.15) is 66.6 Å². The molecule has 0 unspecified atom stereocenters. The number of benzene rings is 7. The highest BCUT2D eigenvalue weighted by atomic mass is 15.0. The van der Waals surface area contributed by atoms with E-state index >= 15 is 0 Å². The van der Waals surface area contributed by atoms with E-state index in [0.717, 1.165) is 5.56 Å². The molecule has 3 heterocycles. The fraction of sp³-hybridized carbons (Fsp3) is 0.170. The summed E-state index contributed by atoms with van der Waals surface area (Å²) in [7, 11) is 0. The second-order valence-electron chi connectivity index (χ2n) is 15.5. The van der Waals surface area contributed by atoms with Crippen molar-refractivity contribution in [3.8, 4) is 34.0 Å². The Morgan fingerprint density at radius 3 is 1.71 bits per heavy atom. The quantitative estimate of drug-likeness (QED) is 0.175. The lowest BCUT2D eigenvalue weighted by molar-refractivity contribution is 0.594. The molecule has 2 heteroatoms. The maximum absolute atomic E-state index is 10.2. The topological polar surface area (TPSA) is 28.7 Å². The van der Waals surface area contributed by atoms with Crippen LogP contribution < -0.4 is 0 Å². The average Bonchev–Trinajstić information content (AvgIpc) is 3.43. The number of para-hydroxylation sites is 1. The fourth-order valence-electron chi connectivity index (χ4n) is 9.41. The molecule has 0 atom stereocenters. The molecule has 0 aliphatic carbocycles. The third-order valence-corrected chi connectivity index (χ3v) is 11.8. The number of hydrogen-bond donors (Lipinski definition) is 0. The van der Waals surface area contributed by atoms with Crippen molar-refractivity contribution in [1.29, 1.82) is 5.26 Å². The molecule has 234 valence electrons. The molecule has 0 N–H and O–H groups in total. The summed E-state index contributed by atoms with van der Waals surface area (Å²) >= 11 is 0. The van der Waals surface area contributed by atoms with E-state index in [1.54, 1.807) is 0 Å². The van der Waals surface area contributed by atoms with Gasteiger partial charge in [0.1, 0.15) is 0 Å². The number of aryl methyl sites for hydroxylation is 2. The zero-order valence-electron chi connectivity index (χ0n) is 28.8.